The van der Waals surface area contributed by atoms with Crippen LogP contribution in [0.4, 0.5) is 0 Å². The predicted octanol–water partition coefficient (Wildman–Crippen LogP) is 2.55. The third-order valence-corrected chi connectivity index (χ3v) is 3.91. The number of ether oxygens (including phenoxy) is 2. The Morgan fingerprint density at radius 1 is 1.35 bits per heavy atom. The number of para-hydroxylation sites is 2. The number of nitrogens with one attached hydrogen (secondary N) is 1. The molecular formula is C17H24N2O4. The monoisotopic (exact) mass is 320 g/mol. The third-order valence-electron chi connectivity index (χ3n) is 3.91. The van der Waals surface area contributed by atoms with E-state index >= 15 is 0 Å². The van der Waals surface area contributed by atoms with Crippen molar-refractivity contribution in [2.24, 2.45) is 0 Å². The highest BCUT2D eigenvalue weighted by Crippen LogP contribution is 2.28. The second-order valence-corrected chi connectivity index (χ2v) is 5.64. The molecule has 0 bridgehead atoms. The molecule has 0 spiro atoms. The van der Waals surface area contributed by atoms with E-state index in [-0.39, 0.29) is 19.4 Å². The van der Waals surface area contributed by atoms with Crippen molar-refractivity contribution < 1.29 is 19.4 Å². The molecule has 1 aliphatic heterocycles. The molecule has 1 aromatic rings. The lowest BCUT2D eigenvalue weighted by atomic mass is 10.1. The number of esters is 1. The molecular weight excluding hydrogens is 296 g/mol. The van der Waals surface area contributed by atoms with Crippen LogP contribution in [0, 0.1) is 5.41 Å². The zero-order valence-electron chi connectivity index (χ0n) is 13.5. The van der Waals surface area contributed by atoms with Gasteiger partial charge in [0.2, 0.25) is 0 Å². The Morgan fingerprint density at radius 2 is 2.09 bits per heavy atom. The highest BCUT2D eigenvalue weighted by atomic mass is 16.6. The van der Waals surface area contributed by atoms with Gasteiger partial charge in [-0.15, -0.1) is 0 Å². The predicted molar refractivity (Wildman–Crippen MR) is 86.8 cm³/mol. The normalized spacial score (nSPS) is 18.4. The number of carbonyl (C=O) groups excluding carboxylic acids is 1. The van der Waals surface area contributed by atoms with Gasteiger partial charge in [0.05, 0.1) is 5.84 Å². The lowest BCUT2D eigenvalue weighted by Gasteiger charge is -2.31. The van der Waals surface area contributed by atoms with Crippen LogP contribution in [0.5, 0.6) is 11.5 Å². The minimum atomic E-state index is -0.401. The number of nitrogens with zero attached hydrogens (tertiary/aromatic N) is 1. The first-order chi connectivity index (χ1) is 11.1. The summed E-state index contributed by atoms with van der Waals surface area (Å²) < 4.78 is 10.9. The van der Waals surface area contributed by atoms with Gasteiger partial charge in [0.15, 0.2) is 18.2 Å². The quantitative estimate of drug-likeness (QED) is 0.622. The maximum absolute atomic E-state index is 11.2. The van der Waals surface area contributed by atoms with Crippen LogP contribution in [0.15, 0.2) is 24.3 Å². The fourth-order valence-electron chi connectivity index (χ4n) is 2.77. The number of carbonyl (C=O) groups is 1. The number of hydrogen-bond donors (Lipinski definition) is 2. The van der Waals surface area contributed by atoms with E-state index in [1.807, 2.05) is 4.90 Å². The Bertz CT molecular complexity index is 547. The van der Waals surface area contributed by atoms with E-state index in [4.69, 9.17) is 14.9 Å². The number of aliphatic hydroxyl groups excluding tert-OH is 1. The minimum absolute atomic E-state index is 0.0957. The van der Waals surface area contributed by atoms with Gasteiger partial charge in [0.1, 0.15) is 0 Å². The summed E-state index contributed by atoms with van der Waals surface area (Å²) in [6, 6.07) is 7.10. The van der Waals surface area contributed by atoms with E-state index in [0.717, 1.165) is 25.7 Å². The second kappa shape index (κ2) is 8.53. The Kier molecular flexibility index (Phi) is 6.40. The van der Waals surface area contributed by atoms with Gasteiger partial charge in [0.25, 0.3) is 0 Å². The molecule has 1 atom stereocenters. The van der Waals surface area contributed by atoms with Crippen LogP contribution in [0.25, 0.3) is 0 Å². The minimum Gasteiger partial charge on any atom is -0.469 e. The van der Waals surface area contributed by atoms with Crippen molar-refractivity contribution in [2.45, 2.75) is 45.1 Å². The van der Waals surface area contributed by atoms with Crippen LogP contribution in [-0.2, 0) is 4.79 Å². The fraction of sp³-hybridized carbons (Fsp3) is 0.529. The smallest absolute Gasteiger partial charge is 0.308 e. The Labute approximate surface area is 136 Å². The van der Waals surface area contributed by atoms with Crippen LogP contribution < -0.4 is 9.47 Å². The first kappa shape index (κ1) is 17.3. The molecule has 0 aromatic heterocycles. The standard InChI is InChI=1S/C17H24N2O4/c1-13(21)23-16-8-4-3-7-15(16)22-12-19-14(10-11-20)6-2-5-9-17(19)18/h3-4,7-8,14,18,20H,2,5-6,9-12H2,1H3. The van der Waals surface area contributed by atoms with Crippen LogP contribution in [0.3, 0.4) is 0 Å². The summed E-state index contributed by atoms with van der Waals surface area (Å²) in [6.07, 6.45) is 4.32. The van der Waals surface area contributed by atoms with Gasteiger partial charge in [-0.25, -0.2) is 0 Å². The summed E-state index contributed by atoms with van der Waals surface area (Å²) in [7, 11) is 0. The zero-order valence-corrected chi connectivity index (χ0v) is 13.5. The van der Waals surface area contributed by atoms with Gasteiger partial charge in [-0.1, -0.05) is 18.6 Å². The summed E-state index contributed by atoms with van der Waals surface area (Å²) in [5.74, 6) is 0.982. The summed E-state index contributed by atoms with van der Waals surface area (Å²) >= 11 is 0. The maximum atomic E-state index is 11.2. The van der Waals surface area contributed by atoms with Crippen LogP contribution >= 0.6 is 0 Å². The molecule has 1 saturated heterocycles. The molecule has 2 rings (SSSR count). The van der Waals surface area contributed by atoms with Crippen molar-refractivity contribution in [3.8, 4) is 11.5 Å². The number of likely N-dealkylation sites (tertiary alicyclic amines) is 1. The molecule has 1 aromatic carbocycles. The summed E-state index contributed by atoms with van der Waals surface area (Å²) in [5.41, 5.74) is 0. The van der Waals surface area contributed by atoms with Crippen LogP contribution in [-0.4, -0.2) is 41.2 Å². The molecule has 6 nitrogen and oxygen atoms in total. The summed E-state index contributed by atoms with van der Waals surface area (Å²) in [5, 5.41) is 17.5. The van der Waals surface area contributed by atoms with Crippen molar-refractivity contribution in [2.75, 3.05) is 13.3 Å². The number of hydrogen-bond acceptors (Lipinski definition) is 5. The highest BCUT2D eigenvalue weighted by molar-refractivity contribution is 5.79. The zero-order chi connectivity index (χ0) is 16.7. The third kappa shape index (κ3) is 4.96. The molecule has 126 valence electrons. The molecule has 23 heavy (non-hydrogen) atoms. The molecule has 0 aliphatic carbocycles. The first-order valence-electron chi connectivity index (χ1n) is 7.97. The topological polar surface area (TPSA) is 82.9 Å². The first-order valence-corrected chi connectivity index (χ1v) is 7.97. The molecule has 1 fully saturated rings. The van der Waals surface area contributed by atoms with Crippen molar-refractivity contribution >= 4 is 11.8 Å². The van der Waals surface area contributed by atoms with Crippen molar-refractivity contribution in [3.63, 3.8) is 0 Å². The van der Waals surface area contributed by atoms with Crippen LogP contribution in [0.1, 0.15) is 39.0 Å². The Balaban J connectivity index is 2.07. The van der Waals surface area contributed by atoms with E-state index in [1.54, 1.807) is 24.3 Å². The summed E-state index contributed by atoms with van der Waals surface area (Å²) in [6.45, 7) is 1.65. The van der Waals surface area contributed by atoms with Gasteiger partial charge in [-0.05, 0) is 31.4 Å². The maximum Gasteiger partial charge on any atom is 0.308 e. The number of rotatable bonds is 6. The lowest BCUT2D eigenvalue weighted by molar-refractivity contribution is -0.132. The largest absolute Gasteiger partial charge is 0.469 e. The number of amidine groups is 1. The molecule has 0 saturated carbocycles. The van der Waals surface area contributed by atoms with E-state index in [1.165, 1.54) is 6.92 Å². The average molecular weight is 320 g/mol. The summed E-state index contributed by atoms with van der Waals surface area (Å²) in [4.78, 5) is 13.1. The lowest BCUT2D eigenvalue weighted by Crippen LogP contribution is -2.41. The molecule has 0 amide bonds. The highest BCUT2D eigenvalue weighted by Gasteiger charge is 2.24. The molecule has 6 heteroatoms. The van der Waals surface area contributed by atoms with Gasteiger partial charge >= 0.3 is 5.97 Å². The fourth-order valence-corrected chi connectivity index (χ4v) is 2.77. The van der Waals surface area contributed by atoms with Gasteiger partial charge in [-0.2, -0.15) is 0 Å². The van der Waals surface area contributed by atoms with Crippen molar-refractivity contribution in [1.29, 1.82) is 5.41 Å². The van der Waals surface area contributed by atoms with Gasteiger partial charge < -0.3 is 19.5 Å². The van der Waals surface area contributed by atoms with E-state index < -0.39 is 5.97 Å². The molecule has 0 radical (unpaired) electrons. The van der Waals surface area contributed by atoms with Crippen molar-refractivity contribution in [3.05, 3.63) is 24.3 Å². The average Bonchev–Trinajstić information content (AvgIpc) is 2.68. The molecule has 2 N–H and O–H groups in total. The Hall–Kier alpha value is -2.08. The van der Waals surface area contributed by atoms with Crippen molar-refractivity contribution in [1.82, 2.24) is 4.90 Å². The van der Waals surface area contributed by atoms with E-state index in [2.05, 4.69) is 0 Å². The molecule has 1 unspecified atom stereocenters. The molecule has 1 aliphatic rings. The number of aliphatic hydroxyl groups is 1. The Morgan fingerprint density at radius 3 is 2.78 bits per heavy atom. The second-order valence-electron chi connectivity index (χ2n) is 5.64. The SMILES string of the molecule is CC(=O)Oc1ccccc1OCN1C(=N)CCCCC1CCO. The number of benzene rings is 1. The van der Waals surface area contributed by atoms with E-state index in [9.17, 15) is 9.90 Å². The van der Waals surface area contributed by atoms with E-state index in [0.29, 0.717) is 23.8 Å². The van der Waals surface area contributed by atoms with Gasteiger partial charge in [-0.3, -0.25) is 10.2 Å². The molecule has 1 heterocycles. The van der Waals surface area contributed by atoms with Gasteiger partial charge in [0, 0.05) is 26.0 Å². The van der Waals surface area contributed by atoms with Crippen LogP contribution in [0.2, 0.25) is 0 Å².